The number of carbonyl (C=O) groups excluding carboxylic acids is 1. The van der Waals surface area contributed by atoms with Crippen LogP contribution in [0.4, 0.5) is 0 Å². The Hall–Kier alpha value is -3.02. The second-order valence-corrected chi connectivity index (χ2v) is 5.62. The molecule has 2 aromatic rings. The number of ether oxygens (including phenoxy) is 1. The number of nitrogens with one attached hydrogen (secondary N) is 3. The van der Waals surface area contributed by atoms with Crippen LogP contribution in [0.5, 0.6) is 5.75 Å². The molecule has 0 heterocycles. The van der Waals surface area contributed by atoms with Crippen molar-refractivity contribution < 1.29 is 9.53 Å². The second-order valence-electron chi connectivity index (χ2n) is 5.62. The van der Waals surface area contributed by atoms with Crippen LogP contribution in [-0.2, 0) is 6.42 Å². The van der Waals surface area contributed by atoms with Gasteiger partial charge in [-0.15, -0.1) is 0 Å². The molecule has 0 bridgehead atoms. The van der Waals surface area contributed by atoms with Crippen LogP contribution in [0.2, 0.25) is 0 Å². The quantitative estimate of drug-likeness (QED) is 0.384. The number of guanidine groups is 1. The first-order valence-corrected chi connectivity index (χ1v) is 8.66. The van der Waals surface area contributed by atoms with Crippen molar-refractivity contribution in [2.75, 3.05) is 33.8 Å². The highest BCUT2D eigenvalue weighted by Crippen LogP contribution is 2.07. The highest BCUT2D eigenvalue weighted by Gasteiger charge is 2.04. The van der Waals surface area contributed by atoms with Crippen molar-refractivity contribution in [1.29, 1.82) is 0 Å². The molecular weight excluding hydrogens is 328 g/mol. The van der Waals surface area contributed by atoms with E-state index in [-0.39, 0.29) is 5.91 Å². The Labute approximate surface area is 154 Å². The first kappa shape index (κ1) is 19.3. The van der Waals surface area contributed by atoms with E-state index in [1.165, 1.54) is 0 Å². The Morgan fingerprint density at radius 1 is 1.04 bits per heavy atom. The molecule has 6 heteroatoms. The molecule has 3 N–H and O–H groups in total. The van der Waals surface area contributed by atoms with Crippen LogP contribution in [0.1, 0.15) is 15.9 Å². The van der Waals surface area contributed by atoms with Gasteiger partial charge in [-0.3, -0.25) is 9.79 Å². The minimum Gasteiger partial charge on any atom is -0.492 e. The number of benzene rings is 2. The minimum absolute atomic E-state index is 0.0734. The van der Waals surface area contributed by atoms with E-state index >= 15 is 0 Å². The zero-order chi connectivity index (χ0) is 18.6. The third kappa shape index (κ3) is 6.47. The summed E-state index contributed by atoms with van der Waals surface area (Å²) >= 11 is 0. The van der Waals surface area contributed by atoms with E-state index in [1.54, 1.807) is 14.1 Å². The van der Waals surface area contributed by atoms with Crippen LogP contribution in [0.15, 0.2) is 59.6 Å². The maximum Gasteiger partial charge on any atom is 0.251 e. The number of nitrogens with zero attached hydrogens (tertiary/aromatic N) is 1. The van der Waals surface area contributed by atoms with Gasteiger partial charge >= 0.3 is 0 Å². The molecule has 0 aliphatic carbocycles. The highest BCUT2D eigenvalue weighted by molar-refractivity contribution is 5.94. The number of hydrogen-bond donors (Lipinski definition) is 3. The van der Waals surface area contributed by atoms with Crippen LogP contribution in [0.3, 0.4) is 0 Å². The first-order chi connectivity index (χ1) is 12.7. The van der Waals surface area contributed by atoms with Crippen molar-refractivity contribution in [2.45, 2.75) is 6.42 Å². The number of hydrogen-bond acceptors (Lipinski definition) is 3. The number of carbonyl (C=O) groups is 1. The monoisotopic (exact) mass is 354 g/mol. The summed E-state index contributed by atoms with van der Waals surface area (Å²) in [5, 5.41) is 9.11. The lowest BCUT2D eigenvalue weighted by Gasteiger charge is -2.13. The Morgan fingerprint density at radius 3 is 2.54 bits per heavy atom. The van der Waals surface area contributed by atoms with Gasteiger partial charge in [-0.05, 0) is 36.2 Å². The lowest BCUT2D eigenvalue weighted by Crippen LogP contribution is -2.40. The second kappa shape index (κ2) is 10.8. The molecule has 1 amide bonds. The maximum atomic E-state index is 11.7. The predicted octanol–water partition coefficient (Wildman–Crippen LogP) is 1.83. The normalized spacial score (nSPS) is 10.9. The van der Waals surface area contributed by atoms with E-state index in [1.807, 2.05) is 54.6 Å². The summed E-state index contributed by atoms with van der Waals surface area (Å²) in [5.74, 6) is 1.51. The Bertz CT molecular complexity index is 717. The Morgan fingerprint density at radius 2 is 1.81 bits per heavy atom. The maximum absolute atomic E-state index is 11.7. The SMILES string of the molecule is CN=C(NCCOc1ccccc1)NCCc1cccc(C(=O)NC)c1. The van der Waals surface area contributed by atoms with Gasteiger partial charge in [0.2, 0.25) is 0 Å². The summed E-state index contributed by atoms with van der Waals surface area (Å²) in [5.41, 5.74) is 1.77. The molecule has 0 atom stereocenters. The molecule has 2 aromatic carbocycles. The summed E-state index contributed by atoms with van der Waals surface area (Å²) in [6, 6.07) is 17.3. The smallest absolute Gasteiger partial charge is 0.251 e. The number of rotatable bonds is 8. The average molecular weight is 354 g/mol. The first-order valence-electron chi connectivity index (χ1n) is 8.66. The van der Waals surface area contributed by atoms with Crippen molar-refractivity contribution in [3.05, 3.63) is 65.7 Å². The molecule has 138 valence electrons. The van der Waals surface area contributed by atoms with Gasteiger partial charge in [0.1, 0.15) is 12.4 Å². The van der Waals surface area contributed by atoms with Gasteiger partial charge in [0.05, 0.1) is 6.54 Å². The van der Waals surface area contributed by atoms with E-state index in [2.05, 4.69) is 20.9 Å². The fraction of sp³-hybridized carbons (Fsp3) is 0.300. The van der Waals surface area contributed by atoms with E-state index in [9.17, 15) is 4.79 Å². The Kier molecular flexibility index (Phi) is 7.99. The van der Waals surface area contributed by atoms with Crippen LogP contribution >= 0.6 is 0 Å². The fourth-order valence-corrected chi connectivity index (χ4v) is 2.41. The van der Waals surface area contributed by atoms with E-state index in [0.29, 0.717) is 18.7 Å². The van der Waals surface area contributed by atoms with Gasteiger partial charge in [-0.25, -0.2) is 0 Å². The van der Waals surface area contributed by atoms with Crippen molar-refractivity contribution in [2.24, 2.45) is 4.99 Å². The van der Waals surface area contributed by atoms with Gasteiger partial charge < -0.3 is 20.7 Å². The zero-order valence-electron chi connectivity index (χ0n) is 15.3. The van der Waals surface area contributed by atoms with Gasteiger partial charge in [0.15, 0.2) is 5.96 Å². The van der Waals surface area contributed by atoms with Gasteiger partial charge in [0, 0.05) is 26.2 Å². The minimum atomic E-state index is -0.0734. The molecule has 0 radical (unpaired) electrons. The topological polar surface area (TPSA) is 74.8 Å². The third-order valence-electron chi connectivity index (χ3n) is 3.75. The molecule has 6 nitrogen and oxygen atoms in total. The van der Waals surface area contributed by atoms with Gasteiger partial charge in [0.25, 0.3) is 5.91 Å². The molecule has 26 heavy (non-hydrogen) atoms. The van der Waals surface area contributed by atoms with E-state index in [4.69, 9.17) is 4.74 Å². The van der Waals surface area contributed by atoms with Gasteiger partial charge in [-0.1, -0.05) is 30.3 Å². The summed E-state index contributed by atoms with van der Waals surface area (Å²) in [6.45, 7) is 1.93. The van der Waals surface area contributed by atoms with Crippen LogP contribution < -0.4 is 20.7 Å². The lowest BCUT2D eigenvalue weighted by atomic mass is 10.1. The summed E-state index contributed by atoms with van der Waals surface area (Å²) in [6.07, 6.45) is 0.798. The molecule has 2 rings (SSSR count). The Balaban J connectivity index is 1.69. The molecule has 0 unspecified atom stereocenters. The van der Waals surface area contributed by atoms with Crippen LogP contribution in [0.25, 0.3) is 0 Å². The fourth-order valence-electron chi connectivity index (χ4n) is 2.41. The standard InChI is InChI=1S/C20H26N4O2/c1-21-19(25)17-8-6-7-16(15-17)11-12-23-20(22-2)24-13-14-26-18-9-4-3-5-10-18/h3-10,15H,11-14H2,1-2H3,(H,21,25)(H2,22,23,24). The third-order valence-corrected chi connectivity index (χ3v) is 3.75. The number of para-hydroxylation sites is 1. The molecular formula is C20H26N4O2. The molecule has 0 aliphatic rings. The predicted molar refractivity (Wildman–Crippen MR) is 105 cm³/mol. The van der Waals surface area contributed by atoms with Crippen molar-refractivity contribution in [3.63, 3.8) is 0 Å². The highest BCUT2D eigenvalue weighted by atomic mass is 16.5. The summed E-state index contributed by atoms with van der Waals surface area (Å²) in [7, 11) is 3.37. The van der Waals surface area contributed by atoms with Crippen LogP contribution in [0, 0.1) is 0 Å². The largest absolute Gasteiger partial charge is 0.492 e. The van der Waals surface area contributed by atoms with Crippen LogP contribution in [-0.4, -0.2) is 45.7 Å². The molecule has 0 fully saturated rings. The zero-order valence-corrected chi connectivity index (χ0v) is 15.3. The van der Waals surface area contributed by atoms with E-state index < -0.39 is 0 Å². The average Bonchev–Trinajstić information content (AvgIpc) is 2.70. The summed E-state index contributed by atoms with van der Waals surface area (Å²) < 4.78 is 5.64. The van der Waals surface area contributed by atoms with Gasteiger partial charge in [-0.2, -0.15) is 0 Å². The lowest BCUT2D eigenvalue weighted by molar-refractivity contribution is 0.0963. The number of aliphatic imine (C=N–C) groups is 1. The van der Waals surface area contributed by atoms with Crippen molar-refractivity contribution in [1.82, 2.24) is 16.0 Å². The van der Waals surface area contributed by atoms with Crippen molar-refractivity contribution >= 4 is 11.9 Å². The molecule has 0 aliphatic heterocycles. The molecule has 0 aromatic heterocycles. The van der Waals surface area contributed by atoms with E-state index in [0.717, 1.165) is 30.2 Å². The number of amides is 1. The molecule has 0 spiro atoms. The summed E-state index contributed by atoms with van der Waals surface area (Å²) in [4.78, 5) is 15.9. The molecule has 0 saturated heterocycles. The van der Waals surface area contributed by atoms with Crippen molar-refractivity contribution in [3.8, 4) is 5.75 Å². The molecule has 0 saturated carbocycles.